The molecule has 21 heavy (non-hydrogen) atoms. The fourth-order valence-electron chi connectivity index (χ4n) is 1.85. The van der Waals surface area contributed by atoms with Gasteiger partial charge in [0, 0.05) is 28.8 Å². The van der Waals surface area contributed by atoms with Crippen LogP contribution in [-0.4, -0.2) is 7.11 Å². The lowest BCUT2D eigenvalue weighted by Crippen LogP contribution is -2.05. The van der Waals surface area contributed by atoms with Gasteiger partial charge in [-0.2, -0.15) is 0 Å². The van der Waals surface area contributed by atoms with Crippen molar-refractivity contribution in [3.63, 3.8) is 0 Å². The van der Waals surface area contributed by atoms with Gasteiger partial charge in [0.15, 0.2) is 0 Å². The zero-order chi connectivity index (χ0) is 15.4. The molecular formula is C15H14Cl2FNO2. The molecule has 0 fully saturated rings. The van der Waals surface area contributed by atoms with Crippen molar-refractivity contribution in [1.82, 2.24) is 0 Å². The van der Waals surface area contributed by atoms with Crippen LogP contribution in [0.4, 0.5) is 4.39 Å². The van der Waals surface area contributed by atoms with Crippen molar-refractivity contribution in [2.45, 2.75) is 13.2 Å². The molecule has 2 aromatic carbocycles. The van der Waals surface area contributed by atoms with Gasteiger partial charge in [-0.1, -0.05) is 23.2 Å². The highest BCUT2D eigenvalue weighted by Crippen LogP contribution is 2.33. The first kappa shape index (κ1) is 15.9. The summed E-state index contributed by atoms with van der Waals surface area (Å²) < 4.78 is 24.4. The number of hydrogen-bond acceptors (Lipinski definition) is 3. The van der Waals surface area contributed by atoms with Gasteiger partial charge < -0.3 is 15.2 Å². The van der Waals surface area contributed by atoms with E-state index in [1.807, 2.05) is 0 Å². The normalized spacial score (nSPS) is 10.5. The fraction of sp³-hybridized carbons (Fsp3) is 0.200. The largest absolute Gasteiger partial charge is 0.497 e. The van der Waals surface area contributed by atoms with Gasteiger partial charge in [-0.3, -0.25) is 0 Å². The quantitative estimate of drug-likeness (QED) is 0.894. The van der Waals surface area contributed by atoms with E-state index in [1.54, 1.807) is 24.3 Å². The smallest absolute Gasteiger partial charge is 0.142 e. The average Bonchev–Trinajstić information content (AvgIpc) is 2.46. The maximum atomic E-state index is 13.8. The van der Waals surface area contributed by atoms with E-state index in [-0.39, 0.29) is 13.2 Å². The molecule has 0 bridgehead atoms. The van der Waals surface area contributed by atoms with Crippen LogP contribution in [0.15, 0.2) is 30.3 Å². The topological polar surface area (TPSA) is 44.5 Å². The van der Waals surface area contributed by atoms with Crippen molar-refractivity contribution in [3.8, 4) is 11.5 Å². The zero-order valence-corrected chi connectivity index (χ0v) is 12.8. The van der Waals surface area contributed by atoms with E-state index in [1.165, 1.54) is 13.2 Å². The standard InChI is InChI=1S/C15H14Cl2FNO2/c1-20-12-3-2-9(14(18)6-12)8-21-15-10(7-19)4-11(16)5-13(15)17/h2-6H,7-8,19H2,1H3. The maximum Gasteiger partial charge on any atom is 0.142 e. The lowest BCUT2D eigenvalue weighted by molar-refractivity contribution is 0.296. The van der Waals surface area contributed by atoms with Crippen molar-refractivity contribution in [1.29, 1.82) is 0 Å². The van der Waals surface area contributed by atoms with Crippen LogP contribution in [0.2, 0.25) is 10.0 Å². The van der Waals surface area contributed by atoms with Crippen molar-refractivity contribution in [3.05, 3.63) is 57.3 Å². The molecule has 0 saturated heterocycles. The molecule has 2 N–H and O–H groups in total. The van der Waals surface area contributed by atoms with E-state index in [0.717, 1.165) is 0 Å². The Morgan fingerprint density at radius 2 is 1.90 bits per heavy atom. The second-order valence-electron chi connectivity index (χ2n) is 4.33. The predicted octanol–water partition coefficient (Wildman–Crippen LogP) is 4.18. The van der Waals surface area contributed by atoms with Gasteiger partial charge in [0.05, 0.1) is 12.1 Å². The van der Waals surface area contributed by atoms with Crippen LogP contribution in [0.5, 0.6) is 11.5 Å². The molecule has 2 rings (SSSR count). The molecule has 3 nitrogen and oxygen atoms in total. The summed E-state index contributed by atoms with van der Waals surface area (Å²) >= 11 is 12.0. The molecule has 0 heterocycles. The number of hydrogen-bond donors (Lipinski definition) is 1. The lowest BCUT2D eigenvalue weighted by atomic mass is 10.2. The molecule has 0 atom stereocenters. The predicted molar refractivity (Wildman–Crippen MR) is 81.6 cm³/mol. The molecule has 6 heteroatoms. The molecule has 0 aromatic heterocycles. The van der Waals surface area contributed by atoms with Gasteiger partial charge >= 0.3 is 0 Å². The highest BCUT2D eigenvalue weighted by Gasteiger charge is 2.11. The Labute approximate surface area is 132 Å². The molecule has 0 unspecified atom stereocenters. The summed E-state index contributed by atoms with van der Waals surface area (Å²) in [6.07, 6.45) is 0. The van der Waals surface area contributed by atoms with Crippen LogP contribution >= 0.6 is 23.2 Å². The number of halogens is 3. The third-order valence-electron chi connectivity index (χ3n) is 2.94. The first-order valence-corrected chi connectivity index (χ1v) is 6.94. The zero-order valence-electron chi connectivity index (χ0n) is 11.3. The summed E-state index contributed by atoms with van der Waals surface area (Å²) in [5, 5.41) is 0.820. The van der Waals surface area contributed by atoms with Gasteiger partial charge in [0.1, 0.15) is 23.9 Å². The van der Waals surface area contributed by atoms with Crippen molar-refractivity contribution in [2.75, 3.05) is 7.11 Å². The van der Waals surface area contributed by atoms with Crippen LogP contribution in [0.3, 0.4) is 0 Å². The Balaban J connectivity index is 2.20. The molecule has 112 valence electrons. The Hall–Kier alpha value is -1.49. The summed E-state index contributed by atoms with van der Waals surface area (Å²) in [6.45, 7) is 0.255. The Bertz CT molecular complexity index is 650. The molecule has 0 amide bonds. The molecule has 0 saturated carbocycles. The molecule has 0 spiro atoms. The number of nitrogens with two attached hydrogens (primary N) is 1. The highest BCUT2D eigenvalue weighted by atomic mass is 35.5. The number of benzene rings is 2. The van der Waals surface area contributed by atoms with E-state index in [0.29, 0.717) is 32.7 Å². The molecule has 0 aliphatic heterocycles. The summed E-state index contributed by atoms with van der Waals surface area (Å²) in [5.74, 6) is 0.455. The summed E-state index contributed by atoms with van der Waals surface area (Å²) in [6, 6.07) is 7.79. The fourth-order valence-corrected chi connectivity index (χ4v) is 2.44. The van der Waals surface area contributed by atoms with E-state index >= 15 is 0 Å². The Morgan fingerprint density at radius 1 is 1.14 bits per heavy atom. The number of rotatable bonds is 5. The van der Waals surface area contributed by atoms with E-state index < -0.39 is 5.82 Å². The Kier molecular flexibility index (Phi) is 5.28. The van der Waals surface area contributed by atoms with E-state index in [4.69, 9.17) is 38.4 Å². The lowest BCUT2D eigenvalue weighted by Gasteiger charge is -2.13. The van der Waals surface area contributed by atoms with Gasteiger partial charge in [-0.05, 0) is 24.3 Å². The summed E-state index contributed by atoms with van der Waals surface area (Å²) in [7, 11) is 1.48. The summed E-state index contributed by atoms with van der Waals surface area (Å²) in [5.41, 5.74) is 6.70. The number of methoxy groups -OCH3 is 1. The van der Waals surface area contributed by atoms with Gasteiger partial charge in [0.25, 0.3) is 0 Å². The third-order valence-corrected chi connectivity index (χ3v) is 3.44. The third kappa shape index (κ3) is 3.79. The highest BCUT2D eigenvalue weighted by molar-refractivity contribution is 6.35. The van der Waals surface area contributed by atoms with Crippen molar-refractivity contribution >= 4 is 23.2 Å². The minimum atomic E-state index is -0.409. The average molecular weight is 330 g/mol. The van der Waals surface area contributed by atoms with Crippen LogP contribution in [-0.2, 0) is 13.2 Å². The second kappa shape index (κ2) is 6.98. The van der Waals surface area contributed by atoms with Crippen LogP contribution in [0, 0.1) is 5.82 Å². The SMILES string of the molecule is COc1ccc(COc2c(Cl)cc(Cl)cc2CN)c(F)c1. The van der Waals surface area contributed by atoms with E-state index in [2.05, 4.69) is 0 Å². The van der Waals surface area contributed by atoms with Crippen LogP contribution in [0.25, 0.3) is 0 Å². The minimum Gasteiger partial charge on any atom is -0.497 e. The van der Waals surface area contributed by atoms with Crippen LogP contribution < -0.4 is 15.2 Å². The first-order chi connectivity index (χ1) is 10.0. The van der Waals surface area contributed by atoms with Crippen molar-refractivity contribution in [2.24, 2.45) is 5.73 Å². The monoisotopic (exact) mass is 329 g/mol. The van der Waals surface area contributed by atoms with Crippen molar-refractivity contribution < 1.29 is 13.9 Å². The summed E-state index contributed by atoms with van der Waals surface area (Å²) in [4.78, 5) is 0. The molecule has 0 radical (unpaired) electrons. The minimum absolute atomic E-state index is 0.0319. The van der Waals surface area contributed by atoms with Gasteiger partial charge in [-0.15, -0.1) is 0 Å². The molecule has 0 aliphatic carbocycles. The first-order valence-electron chi connectivity index (χ1n) is 6.18. The number of ether oxygens (including phenoxy) is 2. The second-order valence-corrected chi connectivity index (χ2v) is 5.17. The van der Waals surface area contributed by atoms with Gasteiger partial charge in [-0.25, -0.2) is 4.39 Å². The van der Waals surface area contributed by atoms with Crippen LogP contribution in [0.1, 0.15) is 11.1 Å². The van der Waals surface area contributed by atoms with Gasteiger partial charge in [0.2, 0.25) is 0 Å². The maximum absolute atomic E-state index is 13.8. The Morgan fingerprint density at radius 3 is 2.52 bits per heavy atom. The molecular weight excluding hydrogens is 316 g/mol. The van der Waals surface area contributed by atoms with E-state index in [9.17, 15) is 4.39 Å². The molecule has 0 aliphatic rings. The molecule has 2 aromatic rings.